The van der Waals surface area contributed by atoms with Gasteiger partial charge in [-0.2, -0.15) is 5.26 Å². The first kappa shape index (κ1) is 16.6. The summed E-state index contributed by atoms with van der Waals surface area (Å²) in [4.78, 5) is 4.21. The molecule has 1 aromatic carbocycles. The maximum Gasteiger partial charge on any atom is 0.229 e. The molecule has 8 heteroatoms. The number of rotatable bonds is 2. The van der Waals surface area contributed by atoms with E-state index in [9.17, 15) is 8.78 Å². The van der Waals surface area contributed by atoms with Crippen molar-refractivity contribution in [1.29, 1.82) is 5.26 Å². The van der Waals surface area contributed by atoms with Gasteiger partial charge in [-0.3, -0.25) is 0 Å². The molecule has 0 radical (unpaired) electrons. The predicted octanol–water partition coefficient (Wildman–Crippen LogP) is 3.58. The van der Waals surface area contributed by atoms with E-state index in [1.165, 1.54) is 12.3 Å². The van der Waals surface area contributed by atoms with E-state index in [2.05, 4.69) is 27.6 Å². The van der Waals surface area contributed by atoms with E-state index in [-0.39, 0.29) is 23.6 Å². The second-order valence-electron chi connectivity index (χ2n) is 5.69. The number of halogens is 3. The molecule has 1 aliphatic carbocycles. The van der Waals surface area contributed by atoms with Gasteiger partial charge in [0.1, 0.15) is 11.6 Å². The molecule has 0 N–H and O–H groups in total. The molecule has 1 aromatic heterocycles. The molecule has 5 nitrogen and oxygen atoms in total. The van der Waals surface area contributed by atoms with Gasteiger partial charge in [0, 0.05) is 33.4 Å². The van der Waals surface area contributed by atoms with Crippen LogP contribution in [0.4, 0.5) is 8.78 Å². The molecule has 0 saturated carbocycles. The Kier molecular flexibility index (Phi) is 4.10. The number of pyridine rings is 1. The zero-order chi connectivity index (χ0) is 17.6. The number of nitriles is 1. The summed E-state index contributed by atoms with van der Waals surface area (Å²) >= 11 is 2.05. The minimum atomic E-state index is -1.42. The molecule has 1 atom stereocenters. The van der Waals surface area contributed by atoms with Crippen molar-refractivity contribution in [3.05, 3.63) is 50.5 Å². The van der Waals surface area contributed by atoms with E-state index in [0.717, 1.165) is 12.1 Å². The second kappa shape index (κ2) is 6.16. The van der Waals surface area contributed by atoms with Crippen LogP contribution in [0.25, 0.3) is 0 Å². The van der Waals surface area contributed by atoms with Gasteiger partial charge in [-0.15, -0.1) is 0 Å². The van der Waals surface area contributed by atoms with Crippen molar-refractivity contribution >= 4 is 22.6 Å². The summed E-state index contributed by atoms with van der Waals surface area (Å²) in [5.41, 5.74) is 1.23. The van der Waals surface area contributed by atoms with Crippen molar-refractivity contribution in [1.82, 2.24) is 4.98 Å². The molecule has 0 amide bonds. The molecule has 1 unspecified atom stereocenters. The maximum atomic E-state index is 14.7. The third-order valence-corrected chi connectivity index (χ3v) is 4.99. The van der Waals surface area contributed by atoms with Crippen LogP contribution in [0.5, 0.6) is 11.6 Å². The van der Waals surface area contributed by atoms with Crippen molar-refractivity contribution in [2.45, 2.75) is 18.4 Å². The monoisotopic (exact) mass is 456 g/mol. The van der Waals surface area contributed by atoms with Crippen molar-refractivity contribution in [3.8, 4) is 17.7 Å². The van der Waals surface area contributed by atoms with Crippen LogP contribution >= 0.6 is 22.6 Å². The third-order valence-electron chi connectivity index (χ3n) is 4.17. The van der Waals surface area contributed by atoms with Gasteiger partial charge in [-0.25, -0.2) is 13.8 Å². The first-order chi connectivity index (χ1) is 12.0. The first-order valence-electron chi connectivity index (χ1n) is 7.52. The number of hydrogen-bond donors (Lipinski definition) is 0. The number of alkyl halides is 1. The first-order valence-corrected chi connectivity index (χ1v) is 8.60. The summed E-state index contributed by atoms with van der Waals surface area (Å²) in [5, 5.41) is 8.95. The average molecular weight is 456 g/mol. The maximum absolute atomic E-state index is 14.7. The zero-order valence-corrected chi connectivity index (χ0v) is 14.9. The summed E-state index contributed by atoms with van der Waals surface area (Å²) in [6.45, 7) is 0.619. The normalized spacial score (nSPS) is 20.5. The summed E-state index contributed by atoms with van der Waals surface area (Å²) in [6, 6.07) is 5.51. The summed E-state index contributed by atoms with van der Waals surface area (Å²) < 4.78 is 45.9. The van der Waals surface area contributed by atoms with Crippen LogP contribution in [-0.2, 0) is 21.7 Å². The lowest BCUT2D eigenvalue weighted by Gasteiger charge is -2.26. The Hall–Kier alpha value is -1.83. The lowest BCUT2D eigenvalue weighted by Crippen LogP contribution is -2.34. The SMILES string of the molecule is N#Cc1cc(F)cc(Oc2ncc(I)c3c2CC(F)C32OCCO2)c1. The number of fused-ring (bicyclic) bond motifs is 2. The Morgan fingerprint density at radius 2 is 2.08 bits per heavy atom. The van der Waals surface area contributed by atoms with Crippen LogP contribution in [0.3, 0.4) is 0 Å². The fourth-order valence-electron chi connectivity index (χ4n) is 3.18. The van der Waals surface area contributed by atoms with Crippen LogP contribution < -0.4 is 4.74 Å². The highest BCUT2D eigenvalue weighted by molar-refractivity contribution is 14.1. The molecule has 2 aliphatic rings. The topological polar surface area (TPSA) is 64.4 Å². The van der Waals surface area contributed by atoms with Gasteiger partial charge in [0.15, 0.2) is 6.17 Å². The minimum absolute atomic E-state index is 0.0227. The second-order valence-corrected chi connectivity index (χ2v) is 6.85. The fourth-order valence-corrected chi connectivity index (χ4v) is 4.03. The van der Waals surface area contributed by atoms with E-state index >= 15 is 0 Å². The average Bonchev–Trinajstić information content (AvgIpc) is 3.17. The molecular formula is C17H11F2IN2O3. The zero-order valence-electron chi connectivity index (χ0n) is 12.8. The fraction of sp³-hybridized carbons (Fsp3) is 0.294. The van der Waals surface area contributed by atoms with Gasteiger partial charge in [-0.1, -0.05) is 0 Å². The molecule has 1 fully saturated rings. The lowest BCUT2D eigenvalue weighted by molar-refractivity contribution is -0.201. The van der Waals surface area contributed by atoms with Crippen molar-refractivity contribution < 1.29 is 23.0 Å². The molecular weight excluding hydrogens is 445 g/mol. The van der Waals surface area contributed by atoms with E-state index in [0.29, 0.717) is 27.9 Å². The van der Waals surface area contributed by atoms with E-state index < -0.39 is 17.8 Å². The highest BCUT2D eigenvalue weighted by Crippen LogP contribution is 2.49. The van der Waals surface area contributed by atoms with Crippen LogP contribution in [0, 0.1) is 20.7 Å². The quantitative estimate of drug-likeness (QED) is 0.647. The summed E-state index contributed by atoms with van der Waals surface area (Å²) in [5.74, 6) is -1.74. The van der Waals surface area contributed by atoms with E-state index in [1.54, 1.807) is 0 Å². The van der Waals surface area contributed by atoms with Crippen LogP contribution in [0.2, 0.25) is 0 Å². The Labute approximate surface area is 155 Å². The Bertz CT molecular complexity index is 894. The largest absolute Gasteiger partial charge is 0.439 e. The summed E-state index contributed by atoms with van der Waals surface area (Å²) in [7, 11) is 0. The van der Waals surface area contributed by atoms with Gasteiger partial charge in [-0.05, 0) is 34.7 Å². The molecule has 1 spiro atoms. The number of ether oxygens (including phenoxy) is 3. The van der Waals surface area contributed by atoms with Gasteiger partial charge >= 0.3 is 0 Å². The molecule has 128 valence electrons. The van der Waals surface area contributed by atoms with Gasteiger partial charge in [0.25, 0.3) is 0 Å². The highest BCUT2D eigenvalue weighted by Gasteiger charge is 2.55. The van der Waals surface area contributed by atoms with Gasteiger partial charge in [0.05, 0.1) is 24.8 Å². The molecule has 0 bridgehead atoms. The molecule has 2 heterocycles. The van der Waals surface area contributed by atoms with Crippen LogP contribution in [0.15, 0.2) is 24.4 Å². The van der Waals surface area contributed by atoms with Crippen LogP contribution in [0.1, 0.15) is 16.7 Å². The van der Waals surface area contributed by atoms with Crippen molar-refractivity contribution in [2.24, 2.45) is 0 Å². The number of aromatic nitrogens is 1. The predicted molar refractivity (Wildman–Crippen MR) is 90.3 cm³/mol. The molecule has 1 saturated heterocycles. The minimum Gasteiger partial charge on any atom is -0.439 e. The Morgan fingerprint density at radius 3 is 2.80 bits per heavy atom. The number of benzene rings is 1. The van der Waals surface area contributed by atoms with Crippen molar-refractivity contribution in [3.63, 3.8) is 0 Å². The standard InChI is InChI=1S/C17H11F2IN2O3/c18-10-3-9(7-21)4-11(5-10)25-16-12-6-14(19)17(23-1-2-24-17)15(12)13(20)8-22-16/h3-5,8,14H,1-2,6H2. The number of nitrogens with zero attached hydrogens (tertiary/aromatic N) is 2. The molecule has 2 aromatic rings. The van der Waals surface area contributed by atoms with Gasteiger partial charge in [0.2, 0.25) is 11.7 Å². The van der Waals surface area contributed by atoms with E-state index in [4.69, 9.17) is 19.5 Å². The number of hydrogen-bond acceptors (Lipinski definition) is 5. The molecule has 1 aliphatic heterocycles. The third kappa shape index (κ3) is 2.67. The molecule has 25 heavy (non-hydrogen) atoms. The van der Waals surface area contributed by atoms with E-state index in [1.807, 2.05) is 6.07 Å². The highest BCUT2D eigenvalue weighted by atomic mass is 127. The van der Waals surface area contributed by atoms with Crippen LogP contribution in [-0.4, -0.2) is 24.4 Å². The molecule has 4 rings (SSSR count). The lowest BCUT2D eigenvalue weighted by atomic mass is 10.1. The van der Waals surface area contributed by atoms with Gasteiger partial charge < -0.3 is 14.2 Å². The smallest absolute Gasteiger partial charge is 0.229 e. The Balaban J connectivity index is 1.78. The summed E-state index contributed by atoms with van der Waals surface area (Å²) in [6.07, 6.45) is 0.172. The Morgan fingerprint density at radius 1 is 1.32 bits per heavy atom. The van der Waals surface area contributed by atoms with Crippen molar-refractivity contribution in [2.75, 3.05) is 13.2 Å².